The van der Waals surface area contributed by atoms with E-state index in [-0.39, 0.29) is 5.91 Å². The van der Waals surface area contributed by atoms with E-state index in [9.17, 15) is 4.79 Å². The maximum Gasteiger partial charge on any atom is 0.253 e. The fourth-order valence-corrected chi connectivity index (χ4v) is 5.16. The Balaban J connectivity index is 1.27. The Bertz CT molecular complexity index is 927. The minimum absolute atomic E-state index is 0.123. The number of imidazole rings is 1. The summed E-state index contributed by atoms with van der Waals surface area (Å²) in [6.07, 6.45) is 5.08. The summed E-state index contributed by atoms with van der Waals surface area (Å²) in [5, 5.41) is 0. The number of rotatable bonds is 4. The average molecular weight is 440 g/mol. The number of amides is 1. The summed E-state index contributed by atoms with van der Waals surface area (Å²) in [6, 6.07) is 8.27. The van der Waals surface area contributed by atoms with Gasteiger partial charge in [-0.3, -0.25) is 9.69 Å². The van der Waals surface area contributed by atoms with Gasteiger partial charge in [-0.15, -0.1) is 0 Å². The molecule has 8 nitrogen and oxygen atoms in total. The lowest BCUT2D eigenvalue weighted by molar-refractivity contribution is -0.182. The number of hydrogen-bond acceptors (Lipinski definition) is 6. The Kier molecular flexibility index (Phi) is 5.92. The molecule has 1 atom stereocenters. The molecule has 1 aromatic carbocycles. The molecule has 0 N–H and O–H groups in total. The predicted molar refractivity (Wildman–Crippen MR) is 120 cm³/mol. The summed E-state index contributed by atoms with van der Waals surface area (Å²) < 4.78 is 14.0. The van der Waals surface area contributed by atoms with Gasteiger partial charge < -0.3 is 23.8 Å². The van der Waals surface area contributed by atoms with Gasteiger partial charge in [0.1, 0.15) is 17.2 Å². The SMILES string of the molecule is COc1ccc(CN2CCC3(CC2)O[C@H](C(=O)N2CCN(C)CC2)Cn2ccnc23)cc1. The molecular formula is C24H33N5O3. The maximum absolute atomic E-state index is 13.3. The molecule has 0 radical (unpaired) electrons. The first kappa shape index (κ1) is 21.4. The molecule has 8 heteroatoms. The van der Waals surface area contributed by atoms with Crippen LogP contribution in [0.15, 0.2) is 36.7 Å². The Morgan fingerprint density at radius 2 is 1.84 bits per heavy atom. The van der Waals surface area contributed by atoms with Crippen molar-refractivity contribution in [2.75, 3.05) is 53.4 Å². The summed E-state index contributed by atoms with van der Waals surface area (Å²) in [7, 11) is 3.79. The molecule has 1 spiro atoms. The summed E-state index contributed by atoms with van der Waals surface area (Å²) >= 11 is 0. The van der Waals surface area contributed by atoms with Crippen molar-refractivity contribution in [2.45, 2.75) is 37.6 Å². The monoisotopic (exact) mass is 439 g/mol. The van der Waals surface area contributed by atoms with Gasteiger partial charge in [0.25, 0.3) is 5.91 Å². The molecule has 5 rings (SSSR count). The molecule has 2 saturated heterocycles. The van der Waals surface area contributed by atoms with Crippen molar-refractivity contribution in [2.24, 2.45) is 0 Å². The number of likely N-dealkylation sites (N-methyl/N-ethyl adjacent to an activating group) is 1. The number of carbonyl (C=O) groups excluding carboxylic acids is 1. The van der Waals surface area contributed by atoms with Crippen molar-refractivity contribution in [3.63, 3.8) is 0 Å². The molecule has 0 unspecified atom stereocenters. The van der Waals surface area contributed by atoms with Gasteiger partial charge in [0.05, 0.1) is 13.7 Å². The van der Waals surface area contributed by atoms with E-state index < -0.39 is 11.7 Å². The molecule has 172 valence electrons. The number of fused-ring (bicyclic) bond motifs is 2. The second kappa shape index (κ2) is 8.84. The van der Waals surface area contributed by atoms with Crippen LogP contribution in [0.1, 0.15) is 24.2 Å². The number of carbonyl (C=O) groups is 1. The maximum atomic E-state index is 13.3. The van der Waals surface area contributed by atoms with Crippen LogP contribution < -0.4 is 4.74 Å². The number of methoxy groups -OCH3 is 1. The molecule has 2 fully saturated rings. The summed E-state index contributed by atoms with van der Waals surface area (Å²) in [5.74, 6) is 1.98. The van der Waals surface area contributed by atoms with E-state index >= 15 is 0 Å². The lowest BCUT2D eigenvalue weighted by Gasteiger charge is -2.46. The molecule has 32 heavy (non-hydrogen) atoms. The number of piperidine rings is 1. The lowest BCUT2D eigenvalue weighted by Crippen LogP contribution is -2.56. The van der Waals surface area contributed by atoms with Crippen LogP contribution in [0.3, 0.4) is 0 Å². The third-order valence-electron chi connectivity index (χ3n) is 7.17. The Morgan fingerprint density at radius 1 is 1.12 bits per heavy atom. The highest BCUT2D eigenvalue weighted by Gasteiger charge is 2.47. The number of nitrogens with zero attached hydrogens (tertiary/aromatic N) is 5. The van der Waals surface area contributed by atoms with E-state index in [0.29, 0.717) is 6.54 Å². The highest BCUT2D eigenvalue weighted by atomic mass is 16.5. The molecule has 3 aliphatic heterocycles. The zero-order valence-electron chi connectivity index (χ0n) is 19.1. The first-order valence-corrected chi connectivity index (χ1v) is 11.6. The number of ether oxygens (including phenoxy) is 2. The standard InChI is InChI=1S/C24H33N5O3/c1-26-13-15-28(16-14-26)22(30)21-18-29-12-9-25-23(29)24(32-21)7-10-27(11-8-24)17-19-3-5-20(31-2)6-4-19/h3-6,9,12,21H,7-8,10-11,13-18H2,1-2H3/t21-/m0/s1. The van der Waals surface area contributed by atoms with Crippen LogP contribution in [0, 0.1) is 0 Å². The van der Waals surface area contributed by atoms with Crippen molar-refractivity contribution < 1.29 is 14.3 Å². The summed E-state index contributed by atoms with van der Waals surface area (Å²) in [4.78, 5) is 24.6. The van der Waals surface area contributed by atoms with Gasteiger partial charge in [0.15, 0.2) is 6.10 Å². The van der Waals surface area contributed by atoms with E-state index in [1.165, 1.54) is 5.56 Å². The number of piperazine rings is 1. The van der Waals surface area contributed by atoms with E-state index in [2.05, 4.69) is 38.5 Å². The topological polar surface area (TPSA) is 63.1 Å². The van der Waals surface area contributed by atoms with E-state index in [4.69, 9.17) is 9.47 Å². The van der Waals surface area contributed by atoms with Gasteiger partial charge in [-0.1, -0.05) is 12.1 Å². The van der Waals surface area contributed by atoms with Gasteiger partial charge in [0.2, 0.25) is 0 Å². The summed E-state index contributed by atoms with van der Waals surface area (Å²) in [6.45, 7) is 6.66. The van der Waals surface area contributed by atoms with Gasteiger partial charge in [0, 0.05) is 58.2 Å². The van der Waals surface area contributed by atoms with Crippen LogP contribution in [0.25, 0.3) is 0 Å². The molecule has 2 aromatic rings. The van der Waals surface area contributed by atoms with Crippen LogP contribution in [-0.4, -0.2) is 89.7 Å². The quantitative estimate of drug-likeness (QED) is 0.721. The first-order chi connectivity index (χ1) is 15.6. The number of hydrogen-bond donors (Lipinski definition) is 0. The predicted octanol–water partition coefficient (Wildman–Crippen LogP) is 1.56. The second-order valence-corrected chi connectivity index (χ2v) is 9.26. The lowest BCUT2D eigenvalue weighted by atomic mass is 9.88. The Labute approximate surface area is 189 Å². The smallest absolute Gasteiger partial charge is 0.253 e. The molecular weight excluding hydrogens is 406 g/mol. The van der Waals surface area contributed by atoms with Crippen molar-refractivity contribution in [3.8, 4) is 5.75 Å². The van der Waals surface area contributed by atoms with Gasteiger partial charge in [-0.05, 0) is 37.6 Å². The van der Waals surface area contributed by atoms with Crippen molar-refractivity contribution >= 4 is 5.91 Å². The van der Waals surface area contributed by atoms with Crippen LogP contribution in [-0.2, 0) is 28.2 Å². The second-order valence-electron chi connectivity index (χ2n) is 9.26. The fraction of sp³-hybridized carbons (Fsp3) is 0.583. The van der Waals surface area contributed by atoms with Crippen LogP contribution in [0.5, 0.6) is 5.75 Å². The van der Waals surface area contributed by atoms with E-state index in [0.717, 1.165) is 70.2 Å². The van der Waals surface area contributed by atoms with Crippen LogP contribution in [0.4, 0.5) is 0 Å². The number of aromatic nitrogens is 2. The van der Waals surface area contributed by atoms with Gasteiger partial charge in [-0.25, -0.2) is 4.98 Å². The molecule has 0 saturated carbocycles. The molecule has 0 aliphatic carbocycles. The van der Waals surface area contributed by atoms with Gasteiger partial charge in [-0.2, -0.15) is 0 Å². The first-order valence-electron chi connectivity index (χ1n) is 11.6. The van der Waals surface area contributed by atoms with Crippen molar-refractivity contribution in [1.82, 2.24) is 24.3 Å². The van der Waals surface area contributed by atoms with Crippen LogP contribution in [0.2, 0.25) is 0 Å². The highest BCUT2D eigenvalue weighted by Crippen LogP contribution is 2.40. The molecule has 4 heterocycles. The zero-order valence-corrected chi connectivity index (χ0v) is 19.1. The minimum atomic E-state index is -0.481. The minimum Gasteiger partial charge on any atom is -0.497 e. The number of likely N-dealkylation sites (tertiary alicyclic amines) is 1. The van der Waals surface area contributed by atoms with Crippen molar-refractivity contribution in [1.29, 1.82) is 0 Å². The fourth-order valence-electron chi connectivity index (χ4n) is 5.16. The van der Waals surface area contributed by atoms with E-state index in [1.54, 1.807) is 7.11 Å². The normalized spacial score (nSPS) is 23.8. The summed E-state index contributed by atoms with van der Waals surface area (Å²) in [5.41, 5.74) is 0.793. The molecule has 3 aliphatic rings. The molecule has 1 amide bonds. The third kappa shape index (κ3) is 4.14. The highest BCUT2D eigenvalue weighted by molar-refractivity contribution is 5.81. The van der Waals surface area contributed by atoms with E-state index in [1.807, 2.05) is 29.4 Å². The van der Waals surface area contributed by atoms with Gasteiger partial charge >= 0.3 is 0 Å². The van der Waals surface area contributed by atoms with Crippen LogP contribution >= 0.6 is 0 Å². The van der Waals surface area contributed by atoms with Crippen molar-refractivity contribution in [3.05, 3.63) is 48.0 Å². The largest absolute Gasteiger partial charge is 0.497 e. The Hall–Kier alpha value is -2.42. The zero-order chi connectivity index (χ0) is 22.1. The molecule has 1 aromatic heterocycles. The third-order valence-corrected chi connectivity index (χ3v) is 7.17. The number of benzene rings is 1. The Morgan fingerprint density at radius 3 is 2.53 bits per heavy atom. The average Bonchev–Trinajstić information content (AvgIpc) is 3.31. The molecule has 0 bridgehead atoms.